The Morgan fingerprint density at radius 1 is 1.47 bits per heavy atom. The molecular formula is C12H22N2O. The van der Waals surface area contributed by atoms with Crippen LogP contribution in [0.15, 0.2) is 6.33 Å². The van der Waals surface area contributed by atoms with E-state index in [2.05, 4.69) is 37.2 Å². The van der Waals surface area contributed by atoms with Crippen LogP contribution in [-0.2, 0) is 4.74 Å². The summed E-state index contributed by atoms with van der Waals surface area (Å²) in [5, 5.41) is 0. The van der Waals surface area contributed by atoms with E-state index >= 15 is 0 Å². The highest BCUT2D eigenvalue weighted by molar-refractivity contribution is 5.15. The molecule has 0 saturated heterocycles. The molecule has 0 aromatic carbocycles. The van der Waals surface area contributed by atoms with Crippen molar-refractivity contribution in [3.8, 4) is 0 Å². The van der Waals surface area contributed by atoms with Crippen LogP contribution in [0.2, 0.25) is 0 Å². The molecule has 0 aliphatic rings. The number of aromatic nitrogens is 2. The Kier molecular flexibility index (Phi) is 4.33. The van der Waals surface area contributed by atoms with Gasteiger partial charge in [-0.3, -0.25) is 0 Å². The van der Waals surface area contributed by atoms with Gasteiger partial charge >= 0.3 is 0 Å². The van der Waals surface area contributed by atoms with Crippen LogP contribution in [0.25, 0.3) is 0 Å². The average molecular weight is 210 g/mol. The van der Waals surface area contributed by atoms with Crippen LogP contribution in [0.1, 0.15) is 57.1 Å². The Bertz CT molecular complexity index is 305. The molecule has 1 heterocycles. The van der Waals surface area contributed by atoms with Crippen LogP contribution < -0.4 is 0 Å². The fraction of sp³-hybridized carbons (Fsp3) is 0.750. The SMILES string of the molecule is CCCC(OC)n1cnc(C)c1C(C)C. The minimum atomic E-state index is 0.133. The molecule has 3 heteroatoms. The second-order valence-corrected chi connectivity index (χ2v) is 4.26. The van der Waals surface area contributed by atoms with Crippen molar-refractivity contribution in [1.82, 2.24) is 9.55 Å². The van der Waals surface area contributed by atoms with Crippen LogP contribution in [0.4, 0.5) is 0 Å². The molecule has 1 aromatic heterocycles. The zero-order chi connectivity index (χ0) is 11.4. The van der Waals surface area contributed by atoms with Gasteiger partial charge in [-0.2, -0.15) is 0 Å². The van der Waals surface area contributed by atoms with Crippen LogP contribution >= 0.6 is 0 Å². The van der Waals surface area contributed by atoms with E-state index in [4.69, 9.17) is 4.74 Å². The third-order valence-corrected chi connectivity index (χ3v) is 2.69. The maximum Gasteiger partial charge on any atom is 0.134 e. The number of hydrogen-bond acceptors (Lipinski definition) is 2. The first-order chi connectivity index (χ1) is 7.11. The summed E-state index contributed by atoms with van der Waals surface area (Å²) in [5.74, 6) is 0.488. The molecule has 0 radical (unpaired) electrons. The Labute approximate surface area is 92.5 Å². The highest BCUT2D eigenvalue weighted by atomic mass is 16.5. The number of hydrogen-bond donors (Lipinski definition) is 0. The maximum atomic E-state index is 5.50. The fourth-order valence-corrected chi connectivity index (χ4v) is 2.03. The molecule has 0 N–H and O–H groups in total. The molecule has 0 fully saturated rings. The zero-order valence-electron chi connectivity index (χ0n) is 10.4. The van der Waals surface area contributed by atoms with Crippen LogP contribution in [0.3, 0.4) is 0 Å². The Morgan fingerprint density at radius 3 is 2.60 bits per heavy atom. The van der Waals surface area contributed by atoms with E-state index in [1.54, 1.807) is 7.11 Å². The van der Waals surface area contributed by atoms with Crippen molar-refractivity contribution in [3.63, 3.8) is 0 Å². The van der Waals surface area contributed by atoms with Gasteiger partial charge in [0.25, 0.3) is 0 Å². The van der Waals surface area contributed by atoms with Crippen molar-refractivity contribution in [3.05, 3.63) is 17.7 Å². The maximum absolute atomic E-state index is 5.50. The molecule has 0 aliphatic carbocycles. The molecule has 0 amide bonds. The van der Waals surface area contributed by atoms with Gasteiger partial charge in [-0.05, 0) is 19.3 Å². The molecular weight excluding hydrogens is 188 g/mol. The highest BCUT2D eigenvalue weighted by Crippen LogP contribution is 2.24. The van der Waals surface area contributed by atoms with Crippen molar-refractivity contribution in [2.75, 3.05) is 7.11 Å². The number of imidazole rings is 1. The van der Waals surface area contributed by atoms with Crippen molar-refractivity contribution in [2.45, 2.75) is 52.7 Å². The lowest BCUT2D eigenvalue weighted by Crippen LogP contribution is -2.14. The highest BCUT2D eigenvalue weighted by Gasteiger charge is 2.17. The second-order valence-electron chi connectivity index (χ2n) is 4.26. The summed E-state index contributed by atoms with van der Waals surface area (Å²) in [5.41, 5.74) is 2.40. The summed E-state index contributed by atoms with van der Waals surface area (Å²) in [6.45, 7) is 8.62. The number of methoxy groups -OCH3 is 1. The first-order valence-electron chi connectivity index (χ1n) is 5.67. The Hall–Kier alpha value is -0.830. The summed E-state index contributed by atoms with van der Waals surface area (Å²) in [6.07, 6.45) is 4.18. The first-order valence-corrected chi connectivity index (χ1v) is 5.67. The van der Waals surface area contributed by atoms with Crippen molar-refractivity contribution in [2.24, 2.45) is 0 Å². The van der Waals surface area contributed by atoms with E-state index < -0.39 is 0 Å². The quantitative estimate of drug-likeness (QED) is 0.746. The smallest absolute Gasteiger partial charge is 0.134 e. The van der Waals surface area contributed by atoms with E-state index in [0.29, 0.717) is 5.92 Å². The molecule has 3 nitrogen and oxygen atoms in total. The molecule has 1 rings (SSSR count). The Balaban J connectivity index is 3.01. The van der Waals surface area contributed by atoms with E-state index in [1.165, 1.54) is 5.69 Å². The molecule has 1 unspecified atom stereocenters. The van der Waals surface area contributed by atoms with Crippen molar-refractivity contribution >= 4 is 0 Å². The molecule has 86 valence electrons. The predicted molar refractivity (Wildman–Crippen MR) is 62.0 cm³/mol. The topological polar surface area (TPSA) is 27.1 Å². The van der Waals surface area contributed by atoms with Gasteiger partial charge in [0.1, 0.15) is 6.23 Å². The third-order valence-electron chi connectivity index (χ3n) is 2.69. The van der Waals surface area contributed by atoms with Crippen molar-refractivity contribution in [1.29, 1.82) is 0 Å². The number of nitrogens with zero attached hydrogens (tertiary/aromatic N) is 2. The van der Waals surface area contributed by atoms with Crippen LogP contribution in [0, 0.1) is 6.92 Å². The van der Waals surface area contributed by atoms with Gasteiger partial charge in [0.15, 0.2) is 0 Å². The number of rotatable bonds is 5. The fourth-order valence-electron chi connectivity index (χ4n) is 2.03. The van der Waals surface area contributed by atoms with Crippen LogP contribution in [0.5, 0.6) is 0 Å². The van der Waals surface area contributed by atoms with Gasteiger partial charge in [0.2, 0.25) is 0 Å². The van der Waals surface area contributed by atoms with Gasteiger partial charge in [-0.1, -0.05) is 27.2 Å². The predicted octanol–water partition coefficient (Wildman–Crippen LogP) is 3.26. The Morgan fingerprint density at radius 2 is 2.13 bits per heavy atom. The zero-order valence-corrected chi connectivity index (χ0v) is 10.4. The average Bonchev–Trinajstić information content (AvgIpc) is 2.56. The molecule has 15 heavy (non-hydrogen) atoms. The summed E-state index contributed by atoms with van der Waals surface area (Å²) in [7, 11) is 1.76. The van der Waals surface area contributed by atoms with Gasteiger partial charge < -0.3 is 9.30 Å². The number of ether oxygens (including phenoxy) is 1. The van der Waals surface area contributed by atoms with E-state index in [-0.39, 0.29) is 6.23 Å². The van der Waals surface area contributed by atoms with Gasteiger partial charge in [0.05, 0.1) is 12.0 Å². The molecule has 0 bridgehead atoms. The summed E-state index contributed by atoms with van der Waals surface area (Å²) >= 11 is 0. The van der Waals surface area contributed by atoms with Gasteiger partial charge in [-0.15, -0.1) is 0 Å². The lowest BCUT2D eigenvalue weighted by Gasteiger charge is -2.20. The molecule has 1 aromatic rings. The molecule has 0 saturated carbocycles. The standard InChI is InChI=1S/C12H22N2O/c1-6-7-11(15-5)14-8-13-10(4)12(14)9(2)3/h8-9,11H,6-7H2,1-5H3. The number of aryl methyl sites for hydroxylation is 1. The third kappa shape index (κ3) is 2.59. The normalized spacial score (nSPS) is 13.5. The summed E-state index contributed by atoms with van der Waals surface area (Å²) < 4.78 is 7.67. The minimum Gasteiger partial charge on any atom is -0.361 e. The first kappa shape index (κ1) is 12.2. The molecule has 1 atom stereocenters. The van der Waals surface area contributed by atoms with E-state index in [9.17, 15) is 0 Å². The van der Waals surface area contributed by atoms with Gasteiger partial charge in [-0.25, -0.2) is 4.98 Å². The summed E-state index contributed by atoms with van der Waals surface area (Å²) in [4.78, 5) is 4.37. The largest absolute Gasteiger partial charge is 0.361 e. The van der Waals surface area contributed by atoms with E-state index in [0.717, 1.165) is 18.5 Å². The monoisotopic (exact) mass is 210 g/mol. The lowest BCUT2D eigenvalue weighted by molar-refractivity contribution is 0.0337. The molecule has 0 aliphatic heterocycles. The second kappa shape index (κ2) is 5.31. The lowest BCUT2D eigenvalue weighted by atomic mass is 10.1. The van der Waals surface area contributed by atoms with Crippen LogP contribution in [-0.4, -0.2) is 16.7 Å². The minimum absolute atomic E-state index is 0.133. The summed E-state index contributed by atoms with van der Waals surface area (Å²) in [6, 6.07) is 0. The molecule has 0 spiro atoms. The van der Waals surface area contributed by atoms with E-state index in [1.807, 2.05) is 6.33 Å². The van der Waals surface area contributed by atoms with Crippen molar-refractivity contribution < 1.29 is 4.74 Å². The van der Waals surface area contributed by atoms with Gasteiger partial charge in [0, 0.05) is 12.8 Å².